The normalized spacial score (nSPS) is 21.4. The Morgan fingerprint density at radius 1 is 1.09 bits per heavy atom. The van der Waals surface area contributed by atoms with Crippen molar-refractivity contribution in [1.29, 1.82) is 5.26 Å². The van der Waals surface area contributed by atoms with Gasteiger partial charge in [0.15, 0.2) is 0 Å². The maximum Gasteiger partial charge on any atom is 0.236 e. The predicted molar refractivity (Wildman–Crippen MR) is 125 cm³/mol. The highest BCUT2D eigenvalue weighted by atomic mass is 16.5. The zero-order valence-corrected chi connectivity index (χ0v) is 20.1. The van der Waals surface area contributed by atoms with Gasteiger partial charge < -0.3 is 14.5 Å². The summed E-state index contributed by atoms with van der Waals surface area (Å²) in [5.41, 5.74) is 3.69. The molecule has 174 valence electrons. The second kappa shape index (κ2) is 9.36. The molecule has 0 unspecified atom stereocenters. The van der Waals surface area contributed by atoms with Crippen LogP contribution in [0, 0.1) is 11.3 Å². The fourth-order valence-electron chi connectivity index (χ4n) is 5.15. The first-order valence-corrected chi connectivity index (χ1v) is 12.1. The minimum Gasteiger partial charge on any atom is -0.370 e. The molecule has 1 aromatic heterocycles. The number of ether oxygens (including phenoxy) is 1. The number of fused-ring (bicyclic) bond motifs is 1. The standard InChI is InChI=1S/C25H37N5O2/c1-18(2)23-21-17-32-25(3,4)14-19(21)20(15-26)24(27-23)30-12-10-28(11-13-30)16-22(31)29-8-6-5-7-9-29/h18H,5-14,16-17H2,1-4H3. The van der Waals surface area contributed by atoms with E-state index in [4.69, 9.17) is 9.72 Å². The largest absolute Gasteiger partial charge is 0.370 e. The summed E-state index contributed by atoms with van der Waals surface area (Å²) in [7, 11) is 0. The lowest BCUT2D eigenvalue weighted by atomic mass is 9.86. The number of rotatable bonds is 4. The van der Waals surface area contributed by atoms with Gasteiger partial charge in [0.2, 0.25) is 5.91 Å². The van der Waals surface area contributed by atoms with E-state index in [2.05, 4.69) is 43.6 Å². The van der Waals surface area contributed by atoms with Crippen LogP contribution in [0.1, 0.15) is 75.3 Å². The quantitative estimate of drug-likeness (QED) is 0.718. The van der Waals surface area contributed by atoms with Crippen LogP contribution in [0.4, 0.5) is 5.82 Å². The first-order valence-electron chi connectivity index (χ1n) is 12.1. The molecule has 1 amide bonds. The number of nitrogens with zero attached hydrogens (tertiary/aromatic N) is 5. The second-order valence-corrected chi connectivity index (χ2v) is 10.3. The van der Waals surface area contributed by atoms with E-state index >= 15 is 0 Å². The summed E-state index contributed by atoms with van der Waals surface area (Å²) in [5, 5.41) is 10.1. The number of aromatic nitrogens is 1. The van der Waals surface area contributed by atoms with Crippen molar-refractivity contribution < 1.29 is 9.53 Å². The first kappa shape index (κ1) is 23.0. The lowest BCUT2D eigenvalue weighted by molar-refractivity contribution is -0.133. The van der Waals surface area contributed by atoms with Crippen LogP contribution in [0.5, 0.6) is 0 Å². The molecule has 2 saturated heterocycles. The van der Waals surface area contributed by atoms with E-state index in [1.807, 2.05) is 4.90 Å². The van der Waals surface area contributed by atoms with Crippen LogP contribution in [-0.2, 0) is 22.6 Å². The van der Waals surface area contributed by atoms with E-state index in [0.29, 0.717) is 18.7 Å². The van der Waals surface area contributed by atoms with E-state index in [1.54, 1.807) is 0 Å². The SMILES string of the molecule is CC(C)c1nc(N2CCN(CC(=O)N3CCCCC3)CC2)c(C#N)c2c1COC(C)(C)C2. The van der Waals surface area contributed by atoms with Crippen LogP contribution in [-0.4, -0.2) is 72.1 Å². The molecule has 0 spiro atoms. The summed E-state index contributed by atoms with van der Waals surface area (Å²) >= 11 is 0. The van der Waals surface area contributed by atoms with Gasteiger partial charge in [0.1, 0.15) is 11.9 Å². The van der Waals surface area contributed by atoms with Gasteiger partial charge in [-0.3, -0.25) is 9.69 Å². The van der Waals surface area contributed by atoms with Gasteiger partial charge in [-0.25, -0.2) is 4.98 Å². The smallest absolute Gasteiger partial charge is 0.236 e. The number of piperazine rings is 1. The van der Waals surface area contributed by atoms with E-state index in [-0.39, 0.29) is 17.4 Å². The Labute approximate surface area is 192 Å². The number of nitriles is 1. The molecule has 32 heavy (non-hydrogen) atoms. The van der Waals surface area contributed by atoms with Crippen molar-refractivity contribution in [2.75, 3.05) is 50.7 Å². The Morgan fingerprint density at radius 2 is 1.78 bits per heavy atom. The predicted octanol–water partition coefficient (Wildman–Crippen LogP) is 3.06. The van der Waals surface area contributed by atoms with Crippen LogP contribution in [0.2, 0.25) is 0 Å². The molecule has 0 bridgehead atoms. The number of likely N-dealkylation sites (tertiary alicyclic amines) is 1. The maximum atomic E-state index is 12.7. The van der Waals surface area contributed by atoms with Gasteiger partial charge in [0, 0.05) is 51.3 Å². The van der Waals surface area contributed by atoms with E-state index in [1.165, 1.54) is 6.42 Å². The number of pyridine rings is 1. The van der Waals surface area contributed by atoms with Crippen LogP contribution >= 0.6 is 0 Å². The molecule has 4 rings (SSSR count). The number of piperidine rings is 1. The van der Waals surface area contributed by atoms with Gasteiger partial charge in [-0.15, -0.1) is 0 Å². The van der Waals surface area contributed by atoms with Crippen molar-refractivity contribution in [2.45, 2.75) is 71.5 Å². The third-order valence-electron chi connectivity index (χ3n) is 7.03. The molecule has 7 nitrogen and oxygen atoms in total. The zero-order valence-electron chi connectivity index (χ0n) is 20.1. The molecule has 0 saturated carbocycles. The Balaban J connectivity index is 1.51. The monoisotopic (exact) mass is 439 g/mol. The zero-order chi connectivity index (χ0) is 22.9. The Kier molecular flexibility index (Phi) is 6.73. The average molecular weight is 440 g/mol. The summed E-state index contributed by atoms with van der Waals surface area (Å²) in [4.78, 5) is 24.2. The van der Waals surface area contributed by atoms with Crippen molar-refractivity contribution in [3.63, 3.8) is 0 Å². The number of anilines is 1. The third kappa shape index (κ3) is 4.77. The molecule has 0 aromatic carbocycles. The van der Waals surface area contributed by atoms with Gasteiger partial charge in [0.05, 0.1) is 30.0 Å². The molecule has 3 aliphatic rings. The van der Waals surface area contributed by atoms with E-state index in [0.717, 1.165) is 81.2 Å². The average Bonchev–Trinajstić information content (AvgIpc) is 2.78. The van der Waals surface area contributed by atoms with Gasteiger partial charge in [-0.1, -0.05) is 13.8 Å². The number of amides is 1. The second-order valence-electron chi connectivity index (χ2n) is 10.3. The van der Waals surface area contributed by atoms with Gasteiger partial charge in [-0.2, -0.15) is 5.26 Å². The van der Waals surface area contributed by atoms with Crippen LogP contribution in [0.3, 0.4) is 0 Å². The summed E-state index contributed by atoms with van der Waals surface area (Å²) in [6.45, 7) is 14.5. The van der Waals surface area contributed by atoms with Gasteiger partial charge in [0.25, 0.3) is 0 Å². The minimum atomic E-state index is -0.279. The summed E-state index contributed by atoms with van der Waals surface area (Å²) in [6.07, 6.45) is 4.21. The van der Waals surface area contributed by atoms with Crippen molar-refractivity contribution in [2.24, 2.45) is 0 Å². The fourth-order valence-corrected chi connectivity index (χ4v) is 5.15. The highest BCUT2D eigenvalue weighted by molar-refractivity contribution is 5.78. The van der Waals surface area contributed by atoms with Crippen molar-refractivity contribution >= 4 is 11.7 Å². The Hall–Kier alpha value is -2.17. The van der Waals surface area contributed by atoms with Gasteiger partial charge >= 0.3 is 0 Å². The first-order chi connectivity index (χ1) is 15.3. The third-order valence-corrected chi connectivity index (χ3v) is 7.03. The lowest BCUT2D eigenvalue weighted by Gasteiger charge is -2.39. The molecule has 3 aliphatic heterocycles. The van der Waals surface area contributed by atoms with Crippen LogP contribution < -0.4 is 4.90 Å². The van der Waals surface area contributed by atoms with Crippen molar-refractivity contribution in [3.8, 4) is 6.07 Å². The number of hydrogen-bond donors (Lipinski definition) is 0. The maximum absolute atomic E-state index is 12.7. The van der Waals surface area contributed by atoms with Crippen LogP contribution in [0.25, 0.3) is 0 Å². The van der Waals surface area contributed by atoms with Crippen molar-refractivity contribution in [1.82, 2.24) is 14.8 Å². The minimum absolute atomic E-state index is 0.257. The lowest BCUT2D eigenvalue weighted by Crippen LogP contribution is -2.51. The summed E-state index contributed by atoms with van der Waals surface area (Å²) in [6, 6.07) is 2.48. The molecule has 0 N–H and O–H groups in total. The molecule has 2 fully saturated rings. The highest BCUT2D eigenvalue weighted by Crippen LogP contribution is 2.37. The topological polar surface area (TPSA) is 72.7 Å². The fraction of sp³-hybridized carbons (Fsp3) is 0.720. The molecule has 0 radical (unpaired) electrons. The molecular formula is C25H37N5O2. The highest BCUT2D eigenvalue weighted by Gasteiger charge is 2.34. The van der Waals surface area contributed by atoms with Gasteiger partial charge in [-0.05, 0) is 44.6 Å². The number of carbonyl (C=O) groups excluding carboxylic acids is 1. The van der Waals surface area contributed by atoms with E-state index < -0.39 is 0 Å². The number of carbonyl (C=O) groups is 1. The molecule has 0 aliphatic carbocycles. The molecular weight excluding hydrogens is 402 g/mol. The van der Waals surface area contributed by atoms with E-state index in [9.17, 15) is 10.1 Å². The Morgan fingerprint density at radius 3 is 2.41 bits per heavy atom. The van der Waals surface area contributed by atoms with Crippen LogP contribution in [0.15, 0.2) is 0 Å². The molecule has 1 aromatic rings. The summed E-state index contributed by atoms with van der Waals surface area (Å²) in [5.74, 6) is 1.34. The molecule has 4 heterocycles. The summed E-state index contributed by atoms with van der Waals surface area (Å²) < 4.78 is 6.06. The molecule has 0 atom stereocenters. The Bertz CT molecular complexity index is 891. The number of hydrogen-bond acceptors (Lipinski definition) is 6. The molecule has 7 heteroatoms. The van der Waals surface area contributed by atoms with Crippen molar-refractivity contribution in [3.05, 3.63) is 22.4 Å².